The van der Waals surface area contributed by atoms with Gasteiger partial charge in [-0.25, -0.2) is 13.6 Å². The first-order valence-corrected chi connectivity index (χ1v) is 11.2. The molecule has 0 saturated carbocycles. The summed E-state index contributed by atoms with van der Waals surface area (Å²) >= 11 is 6.28. The molecule has 1 amide bonds. The molecule has 4 aromatic rings. The molecule has 0 spiro atoms. The summed E-state index contributed by atoms with van der Waals surface area (Å²) in [5.74, 6) is -3.16. The van der Waals surface area contributed by atoms with E-state index in [4.69, 9.17) is 16.3 Å². The molecule has 0 atom stereocenters. The lowest BCUT2D eigenvalue weighted by atomic mass is 10.1. The Morgan fingerprint density at radius 2 is 1.83 bits per heavy atom. The van der Waals surface area contributed by atoms with Crippen molar-refractivity contribution in [3.05, 3.63) is 100 Å². The number of ether oxygens (including phenoxy) is 1. The van der Waals surface area contributed by atoms with Crippen molar-refractivity contribution in [1.29, 1.82) is 0 Å². The molecule has 0 aliphatic carbocycles. The maximum absolute atomic E-state index is 14.1. The first-order valence-electron chi connectivity index (χ1n) is 10.8. The number of aromatic nitrogens is 1. The summed E-state index contributed by atoms with van der Waals surface area (Å²) in [7, 11) is 0. The number of benzene rings is 3. The minimum atomic E-state index is -1.20. The average molecular weight is 511 g/mol. The van der Waals surface area contributed by atoms with E-state index in [2.05, 4.69) is 5.32 Å². The highest BCUT2D eigenvalue weighted by Gasteiger charge is 2.19. The molecule has 9 heteroatoms. The van der Waals surface area contributed by atoms with E-state index in [1.807, 2.05) is 23.6 Å². The third-order valence-corrected chi connectivity index (χ3v) is 5.75. The van der Waals surface area contributed by atoms with Crippen LogP contribution >= 0.6 is 11.6 Å². The van der Waals surface area contributed by atoms with Gasteiger partial charge in [0.1, 0.15) is 12.4 Å². The molecule has 0 radical (unpaired) electrons. The monoisotopic (exact) mass is 510 g/mol. The Bertz CT molecular complexity index is 1480. The summed E-state index contributed by atoms with van der Waals surface area (Å²) in [5.41, 5.74) is 2.67. The molecule has 0 aliphatic rings. The van der Waals surface area contributed by atoms with E-state index >= 15 is 0 Å². The van der Waals surface area contributed by atoms with Crippen molar-refractivity contribution in [3.63, 3.8) is 0 Å². The Balaban J connectivity index is 1.78. The Labute approximate surface area is 210 Å². The number of aromatic carboxylic acids is 1. The van der Waals surface area contributed by atoms with Gasteiger partial charge in [-0.15, -0.1) is 0 Å². The Kier molecular flexibility index (Phi) is 7.07. The predicted molar refractivity (Wildman–Crippen MR) is 133 cm³/mol. The highest BCUT2D eigenvalue weighted by atomic mass is 35.5. The maximum atomic E-state index is 14.1. The van der Waals surface area contributed by atoms with Crippen LogP contribution in [0.2, 0.25) is 5.02 Å². The number of halogens is 3. The summed E-state index contributed by atoms with van der Waals surface area (Å²) in [6, 6.07) is 17.1. The highest BCUT2D eigenvalue weighted by Crippen LogP contribution is 2.36. The molecule has 4 rings (SSSR count). The Morgan fingerprint density at radius 3 is 2.56 bits per heavy atom. The van der Waals surface area contributed by atoms with Gasteiger partial charge in [-0.3, -0.25) is 4.79 Å². The number of carboxylic acids is 1. The Morgan fingerprint density at radius 1 is 1.06 bits per heavy atom. The molecular formula is C27H21ClF2N2O4. The summed E-state index contributed by atoms with van der Waals surface area (Å²) in [4.78, 5) is 23.4. The Hall–Kier alpha value is -4.17. The number of anilines is 1. The standard InChI is InChI=1S/C27H21ClF2N2O4/c1-15-6-10-24(32(15)19-8-9-23(31-16(2)33)20(13-19)27(34)35)21-12-18(28)7-11-25(21)36-14-17-4-3-5-22(29)26(17)30/h3-13H,14H2,1-2H3,(H,31,33)(H,34,35). The topological polar surface area (TPSA) is 80.6 Å². The number of carboxylic acid groups (broad SMARTS) is 1. The molecule has 0 unspecified atom stereocenters. The van der Waals surface area contributed by atoms with Gasteiger partial charge in [0.05, 0.1) is 16.9 Å². The van der Waals surface area contributed by atoms with Crippen LogP contribution in [0.4, 0.5) is 14.5 Å². The molecule has 0 saturated heterocycles. The van der Waals surface area contributed by atoms with Crippen LogP contribution in [-0.2, 0) is 11.4 Å². The number of nitrogens with zero attached hydrogens (tertiary/aromatic N) is 1. The third kappa shape index (κ3) is 5.08. The lowest BCUT2D eigenvalue weighted by Gasteiger charge is -2.17. The first kappa shape index (κ1) is 24.9. The van der Waals surface area contributed by atoms with E-state index in [0.717, 1.165) is 11.8 Å². The summed E-state index contributed by atoms with van der Waals surface area (Å²) in [6.07, 6.45) is 0. The minimum absolute atomic E-state index is 0.0575. The second kappa shape index (κ2) is 10.2. The molecule has 3 aromatic carbocycles. The van der Waals surface area contributed by atoms with Gasteiger partial charge in [0.15, 0.2) is 11.6 Å². The van der Waals surface area contributed by atoms with Crippen LogP contribution in [0.5, 0.6) is 5.75 Å². The predicted octanol–water partition coefficient (Wildman–Crippen LogP) is 6.62. The molecular weight excluding hydrogens is 490 g/mol. The van der Waals surface area contributed by atoms with E-state index < -0.39 is 23.5 Å². The summed E-state index contributed by atoms with van der Waals surface area (Å²) < 4.78 is 35.4. The zero-order valence-electron chi connectivity index (χ0n) is 19.3. The van der Waals surface area contributed by atoms with Crippen LogP contribution in [0.1, 0.15) is 28.5 Å². The van der Waals surface area contributed by atoms with Crippen molar-refractivity contribution in [2.75, 3.05) is 5.32 Å². The van der Waals surface area contributed by atoms with E-state index in [1.165, 1.54) is 31.2 Å². The van der Waals surface area contributed by atoms with Gasteiger partial charge in [-0.2, -0.15) is 0 Å². The van der Waals surface area contributed by atoms with Crippen molar-refractivity contribution >= 4 is 29.2 Å². The van der Waals surface area contributed by atoms with Crippen LogP contribution in [0.25, 0.3) is 16.9 Å². The maximum Gasteiger partial charge on any atom is 0.337 e. The fourth-order valence-electron chi connectivity index (χ4n) is 3.88. The minimum Gasteiger partial charge on any atom is -0.488 e. The van der Waals surface area contributed by atoms with Crippen LogP contribution in [-0.4, -0.2) is 21.6 Å². The number of hydrogen-bond acceptors (Lipinski definition) is 3. The van der Waals surface area contributed by atoms with E-state index in [1.54, 1.807) is 24.3 Å². The fraction of sp³-hybridized carbons (Fsp3) is 0.111. The van der Waals surface area contributed by atoms with Gasteiger partial charge in [-0.05, 0) is 61.5 Å². The third-order valence-electron chi connectivity index (χ3n) is 5.51. The molecule has 0 fully saturated rings. The molecule has 0 aliphatic heterocycles. The quantitative estimate of drug-likeness (QED) is 0.293. The average Bonchev–Trinajstić information content (AvgIpc) is 3.21. The number of amides is 1. The van der Waals surface area contributed by atoms with Crippen molar-refractivity contribution in [2.45, 2.75) is 20.5 Å². The van der Waals surface area contributed by atoms with Crippen molar-refractivity contribution in [1.82, 2.24) is 4.57 Å². The van der Waals surface area contributed by atoms with Gasteiger partial charge in [0.25, 0.3) is 0 Å². The van der Waals surface area contributed by atoms with Crippen LogP contribution in [0.3, 0.4) is 0 Å². The lowest BCUT2D eigenvalue weighted by molar-refractivity contribution is -0.114. The van der Waals surface area contributed by atoms with E-state index in [0.29, 0.717) is 27.7 Å². The van der Waals surface area contributed by atoms with Crippen LogP contribution < -0.4 is 10.1 Å². The number of nitrogens with one attached hydrogen (secondary N) is 1. The van der Waals surface area contributed by atoms with Crippen molar-refractivity contribution in [2.24, 2.45) is 0 Å². The van der Waals surface area contributed by atoms with Gasteiger partial charge in [0.2, 0.25) is 5.91 Å². The number of hydrogen-bond donors (Lipinski definition) is 2. The van der Waals surface area contributed by atoms with E-state index in [9.17, 15) is 23.5 Å². The fourth-order valence-corrected chi connectivity index (χ4v) is 4.05. The van der Waals surface area contributed by atoms with Gasteiger partial charge in [-0.1, -0.05) is 23.7 Å². The zero-order valence-corrected chi connectivity index (χ0v) is 20.1. The number of carbonyl (C=O) groups is 2. The number of rotatable bonds is 7. The summed E-state index contributed by atoms with van der Waals surface area (Å²) in [6.45, 7) is 2.93. The van der Waals surface area contributed by atoms with Crippen molar-refractivity contribution in [3.8, 4) is 22.7 Å². The van der Waals surface area contributed by atoms with E-state index in [-0.39, 0.29) is 23.4 Å². The molecule has 2 N–H and O–H groups in total. The number of aryl methyl sites for hydroxylation is 1. The van der Waals surface area contributed by atoms with Gasteiger partial charge >= 0.3 is 5.97 Å². The number of carbonyl (C=O) groups excluding carboxylic acids is 1. The highest BCUT2D eigenvalue weighted by molar-refractivity contribution is 6.31. The zero-order chi connectivity index (χ0) is 26.0. The summed E-state index contributed by atoms with van der Waals surface area (Å²) in [5, 5.41) is 12.6. The SMILES string of the molecule is CC(=O)Nc1ccc(-n2c(C)ccc2-c2cc(Cl)ccc2OCc2cccc(F)c2F)cc1C(=O)O. The lowest BCUT2D eigenvalue weighted by Crippen LogP contribution is -2.12. The molecule has 184 valence electrons. The van der Waals surface area contributed by atoms with Gasteiger partial charge < -0.3 is 19.7 Å². The van der Waals surface area contributed by atoms with Crippen molar-refractivity contribution < 1.29 is 28.2 Å². The second-order valence-corrected chi connectivity index (χ2v) is 8.49. The smallest absolute Gasteiger partial charge is 0.337 e. The first-order chi connectivity index (χ1) is 17.2. The largest absolute Gasteiger partial charge is 0.488 e. The molecule has 1 aromatic heterocycles. The molecule has 36 heavy (non-hydrogen) atoms. The molecule has 1 heterocycles. The van der Waals surface area contributed by atoms with Crippen LogP contribution in [0, 0.1) is 18.6 Å². The van der Waals surface area contributed by atoms with Crippen LogP contribution in [0.15, 0.2) is 66.7 Å². The molecule has 0 bridgehead atoms. The molecule has 6 nitrogen and oxygen atoms in total. The normalized spacial score (nSPS) is 10.8. The second-order valence-electron chi connectivity index (χ2n) is 8.05. The van der Waals surface area contributed by atoms with Gasteiger partial charge in [0, 0.05) is 34.5 Å².